The topological polar surface area (TPSA) is 167 Å². The molecular formula is C36H42N4O7. The first kappa shape index (κ1) is 33.6. The third-order valence-corrected chi connectivity index (χ3v) is 9.68. The highest BCUT2D eigenvalue weighted by molar-refractivity contribution is 6.25. The minimum absolute atomic E-state index is 0.137. The van der Waals surface area contributed by atoms with Gasteiger partial charge in [-0.2, -0.15) is 0 Å². The van der Waals surface area contributed by atoms with E-state index in [1.165, 1.54) is 7.11 Å². The molecule has 11 nitrogen and oxygen atoms in total. The zero-order chi connectivity index (χ0) is 34.3. The van der Waals surface area contributed by atoms with Crippen molar-refractivity contribution in [3.63, 3.8) is 0 Å². The number of allylic oxidation sites excluding steroid dienone is 1. The standard InChI is InChI=1S/C36H42N4O7/c1-9-21-16(2)24-15-29-32(20(6)46-7)18(4)26(38-29)13-25-17(3)22(10-11-30(41)42)34(39-25)23(12-31(43)44)35-33(36(45)47-8)19(5)27(40-35)14-28(21)37-24/h13-15,17,20,22,37-38H,9-12H2,1-8H3,(H,41,42)(H,43,44)/t17-,20?,22-/m0/s1. The molecule has 0 aromatic carbocycles. The predicted octanol–water partition coefficient (Wildman–Crippen LogP) is 6.68. The Balaban J connectivity index is 2.04. The van der Waals surface area contributed by atoms with Crippen LogP contribution < -0.4 is 0 Å². The number of ether oxygens (including phenoxy) is 2. The first-order valence-corrected chi connectivity index (χ1v) is 15.8. The highest BCUT2D eigenvalue weighted by Gasteiger charge is 2.36. The molecule has 0 radical (unpaired) electrons. The van der Waals surface area contributed by atoms with Gasteiger partial charge < -0.3 is 29.7 Å². The molecule has 2 aliphatic rings. The zero-order valence-electron chi connectivity index (χ0n) is 28.1. The Morgan fingerprint density at radius 1 is 0.915 bits per heavy atom. The van der Waals surface area contributed by atoms with Crippen LogP contribution in [0, 0.1) is 13.8 Å². The molecule has 5 heterocycles. The fourth-order valence-corrected chi connectivity index (χ4v) is 6.99. The van der Waals surface area contributed by atoms with Crippen LogP contribution in [0.1, 0.15) is 109 Å². The fraction of sp³-hybridized carbons (Fsp3) is 0.417. The second-order valence-corrected chi connectivity index (χ2v) is 12.3. The maximum atomic E-state index is 13.3. The SMILES string of the molecule is CCc1c(C)c2cc3[nH]c(cc4nc(c(CC(=O)O)c5nc(cc1[nH]2)C(C)=C5C(=O)OC)[C@@H](CCC(=O)O)[C@@H]4C)c(C)c3C(C)OC. The maximum absolute atomic E-state index is 13.3. The summed E-state index contributed by atoms with van der Waals surface area (Å²) in [6.45, 7) is 11.9. The molecule has 0 saturated carbocycles. The molecule has 0 saturated heterocycles. The minimum Gasteiger partial charge on any atom is -0.481 e. The average molecular weight is 643 g/mol. The van der Waals surface area contributed by atoms with Crippen molar-refractivity contribution >= 4 is 51.1 Å². The molecule has 3 aromatic heterocycles. The Kier molecular flexibility index (Phi) is 9.40. The highest BCUT2D eigenvalue weighted by Crippen LogP contribution is 2.44. The molecule has 0 aliphatic carbocycles. The summed E-state index contributed by atoms with van der Waals surface area (Å²) in [5, 5.41) is 19.8. The number of carboxylic acids is 2. The van der Waals surface area contributed by atoms with Crippen LogP contribution in [0.25, 0.3) is 33.2 Å². The average Bonchev–Trinajstić information content (AvgIpc) is 3.71. The molecule has 5 rings (SSSR count). The van der Waals surface area contributed by atoms with Crippen LogP contribution in [0.3, 0.4) is 0 Å². The number of rotatable bonds is 9. The van der Waals surface area contributed by atoms with E-state index in [0.717, 1.165) is 50.7 Å². The Hall–Kier alpha value is -4.77. The number of nitrogens with zero attached hydrogens (tertiary/aromatic N) is 2. The van der Waals surface area contributed by atoms with E-state index in [-0.39, 0.29) is 41.7 Å². The number of nitrogens with one attached hydrogen (secondary N) is 2. The lowest BCUT2D eigenvalue weighted by Gasteiger charge is -2.17. The number of fused-ring (bicyclic) bond motifs is 8. The Labute approximate surface area is 273 Å². The number of aromatic nitrogens is 4. The molecule has 3 atom stereocenters. The molecular weight excluding hydrogens is 600 g/mol. The third-order valence-electron chi connectivity index (χ3n) is 9.68. The van der Waals surface area contributed by atoms with Crippen LogP contribution in [-0.2, 0) is 36.7 Å². The van der Waals surface area contributed by atoms with Crippen LogP contribution in [0.4, 0.5) is 0 Å². The monoisotopic (exact) mass is 642 g/mol. The lowest BCUT2D eigenvalue weighted by Crippen LogP contribution is -2.13. The van der Waals surface area contributed by atoms with Gasteiger partial charge in [0.05, 0.1) is 42.3 Å². The molecule has 0 fully saturated rings. The van der Waals surface area contributed by atoms with E-state index in [9.17, 15) is 24.6 Å². The Bertz CT molecular complexity index is 1980. The molecule has 2 aliphatic heterocycles. The van der Waals surface area contributed by atoms with Crippen LogP contribution in [0.2, 0.25) is 0 Å². The third kappa shape index (κ3) is 6.07. The molecule has 248 valence electrons. The van der Waals surface area contributed by atoms with Crippen molar-refractivity contribution in [2.24, 2.45) is 0 Å². The van der Waals surface area contributed by atoms with Crippen LogP contribution >= 0.6 is 0 Å². The summed E-state index contributed by atoms with van der Waals surface area (Å²) >= 11 is 0. The van der Waals surface area contributed by atoms with Crippen LogP contribution in [0.5, 0.6) is 0 Å². The molecule has 1 unspecified atom stereocenters. The summed E-state index contributed by atoms with van der Waals surface area (Å²) in [5.74, 6) is -3.43. The number of carbonyl (C=O) groups excluding carboxylic acids is 1. The normalized spacial score (nSPS) is 16.8. The second-order valence-electron chi connectivity index (χ2n) is 12.3. The maximum Gasteiger partial charge on any atom is 0.340 e. The van der Waals surface area contributed by atoms with E-state index < -0.39 is 30.2 Å². The summed E-state index contributed by atoms with van der Waals surface area (Å²) in [7, 11) is 2.95. The van der Waals surface area contributed by atoms with E-state index in [0.29, 0.717) is 22.7 Å². The Morgan fingerprint density at radius 2 is 1.60 bits per heavy atom. The van der Waals surface area contributed by atoms with Gasteiger partial charge in [0.25, 0.3) is 0 Å². The van der Waals surface area contributed by atoms with Crippen molar-refractivity contribution in [3.8, 4) is 0 Å². The molecule has 4 N–H and O–H groups in total. The summed E-state index contributed by atoms with van der Waals surface area (Å²) in [6.07, 6.45) is 0.133. The van der Waals surface area contributed by atoms with E-state index in [4.69, 9.17) is 19.4 Å². The number of carbonyl (C=O) groups is 3. The second kappa shape index (κ2) is 13.2. The summed E-state index contributed by atoms with van der Waals surface area (Å²) < 4.78 is 11.0. The first-order valence-electron chi connectivity index (χ1n) is 15.8. The van der Waals surface area contributed by atoms with Crippen LogP contribution in [-0.4, -0.2) is 62.3 Å². The number of methoxy groups -OCH3 is 2. The summed E-state index contributed by atoms with van der Waals surface area (Å²) in [4.78, 5) is 54.5. The van der Waals surface area contributed by atoms with Gasteiger partial charge >= 0.3 is 17.9 Å². The van der Waals surface area contributed by atoms with Gasteiger partial charge in [0, 0.05) is 64.3 Å². The predicted molar refractivity (Wildman–Crippen MR) is 179 cm³/mol. The number of hydrogen-bond donors (Lipinski definition) is 4. The van der Waals surface area contributed by atoms with Gasteiger partial charge in [-0.1, -0.05) is 13.8 Å². The molecule has 11 heteroatoms. The fourth-order valence-electron chi connectivity index (χ4n) is 6.99. The van der Waals surface area contributed by atoms with Crippen molar-refractivity contribution in [3.05, 3.63) is 68.8 Å². The minimum atomic E-state index is -1.13. The van der Waals surface area contributed by atoms with E-state index in [2.05, 4.69) is 29.9 Å². The number of hydrogen-bond acceptors (Lipinski definition) is 7. The van der Waals surface area contributed by atoms with Gasteiger partial charge in [0.2, 0.25) is 0 Å². The van der Waals surface area contributed by atoms with Gasteiger partial charge in [-0.3, -0.25) is 14.6 Å². The largest absolute Gasteiger partial charge is 0.481 e. The van der Waals surface area contributed by atoms with Crippen LogP contribution in [0.15, 0.2) is 18.2 Å². The summed E-state index contributed by atoms with van der Waals surface area (Å²) in [5.41, 5.74) is 10.3. The van der Waals surface area contributed by atoms with Gasteiger partial charge in [0.15, 0.2) is 0 Å². The molecule has 47 heavy (non-hydrogen) atoms. The van der Waals surface area contributed by atoms with E-state index in [1.807, 2.05) is 32.9 Å². The lowest BCUT2D eigenvalue weighted by atomic mass is 9.84. The first-order chi connectivity index (χ1) is 22.3. The highest BCUT2D eigenvalue weighted by atomic mass is 16.5. The van der Waals surface area contributed by atoms with Gasteiger partial charge in [-0.25, -0.2) is 9.78 Å². The van der Waals surface area contributed by atoms with Crippen molar-refractivity contribution in [1.82, 2.24) is 19.9 Å². The number of esters is 1. The number of H-pyrrole nitrogens is 2. The quantitative estimate of drug-likeness (QED) is 0.186. The van der Waals surface area contributed by atoms with Gasteiger partial charge in [-0.15, -0.1) is 0 Å². The lowest BCUT2D eigenvalue weighted by molar-refractivity contribution is -0.138. The van der Waals surface area contributed by atoms with Crippen molar-refractivity contribution in [2.45, 2.75) is 85.2 Å². The molecule has 0 amide bonds. The van der Waals surface area contributed by atoms with Gasteiger partial charge in [0.1, 0.15) is 0 Å². The molecule has 8 bridgehead atoms. The molecule has 3 aromatic rings. The van der Waals surface area contributed by atoms with Crippen molar-refractivity contribution < 1.29 is 34.1 Å². The van der Waals surface area contributed by atoms with Gasteiger partial charge in [-0.05, 0) is 81.0 Å². The summed E-state index contributed by atoms with van der Waals surface area (Å²) in [6, 6.07) is 5.91. The van der Waals surface area contributed by atoms with Crippen molar-refractivity contribution in [1.29, 1.82) is 0 Å². The van der Waals surface area contributed by atoms with Crippen molar-refractivity contribution in [2.75, 3.05) is 14.2 Å². The zero-order valence-corrected chi connectivity index (χ0v) is 28.1. The van der Waals surface area contributed by atoms with E-state index in [1.54, 1.807) is 14.0 Å². The van der Waals surface area contributed by atoms with E-state index >= 15 is 0 Å². The number of aryl methyl sites for hydroxylation is 3. The number of aliphatic carboxylic acids is 2. The Morgan fingerprint density at radius 3 is 2.21 bits per heavy atom. The molecule has 0 spiro atoms. The number of carboxylic acid groups (broad SMARTS) is 2. The smallest absolute Gasteiger partial charge is 0.340 e. The number of aromatic amines is 2.